The fourth-order valence-electron chi connectivity index (χ4n) is 2.42. The zero-order chi connectivity index (χ0) is 14.3. The lowest BCUT2D eigenvalue weighted by Crippen LogP contribution is -2.06. The third-order valence-electron chi connectivity index (χ3n) is 3.81. The molecule has 4 heteroatoms. The van der Waals surface area contributed by atoms with Crippen molar-refractivity contribution in [3.8, 4) is 11.4 Å². The van der Waals surface area contributed by atoms with E-state index in [4.69, 9.17) is 10.8 Å². The number of benzene rings is 2. The number of hydrazine groups is 1. The van der Waals surface area contributed by atoms with Crippen molar-refractivity contribution in [1.82, 2.24) is 9.55 Å². The number of aromatic nitrogens is 2. The van der Waals surface area contributed by atoms with Gasteiger partial charge in [-0.3, -0.25) is 5.84 Å². The summed E-state index contributed by atoms with van der Waals surface area (Å²) in [5.41, 5.74) is 9.29. The first-order chi connectivity index (χ1) is 9.60. The molecular formula is C16H18N4. The number of imidazole rings is 1. The lowest BCUT2D eigenvalue weighted by Gasteiger charge is -2.06. The third-order valence-corrected chi connectivity index (χ3v) is 3.81. The Morgan fingerprint density at radius 1 is 1.05 bits per heavy atom. The van der Waals surface area contributed by atoms with Gasteiger partial charge in [0, 0.05) is 12.6 Å². The Kier molecular flexibility index (Phi) is 2.95. The third kappa shape index (κ3) is 1.94. The Hall–Kier alpha value is -2.33. The van der Waals surface area contributed by atoms with E-state index in [9.17, 15) is 0 Å². The monoisotopic (exact) mass is 266 g/mol. The van der Waals surface area contributed by atoms with Gasteiger partial charge in [-0.15, -0.1) is 0 Å². The van der Waals surface area contributed by atoms with Crippen molar-refractivity contribution >= 4 is 16.7 Å². The van der Waals surface area contributed by atoms with E-state index in [1.54, 1.807) is 0 Å². The number of nitrogens with zero attached hydrogens (tertiary/aromatic N) is 2. The van der Waals surface area contributed by atoms with E-state index in [2.05, 4.69) is 42.0 Å². The van der Waals surface area contributed by atoms with Crippen LogP contribution in [0.2, 0.25) is 0 Å². The summed E-state index contributed by atoms with van der Waals surface area (Å²) < 4.78 is 2.10. The Labute approximate surface area is 118 Å². The summed E-state index contributed by atoms with van der Waals surface area (Å²) in [5, 5.41) is 0. The molecule has 0 aliphatic heterocycles. The molecule has 3 rings (SSSR count). The van der Waals surface area contributed by atoms with Crippen LogP contribution in [-0.2, 0) is 7.05 Å². The molecule has 0 unspecified atom stereocenters. The van der Waals surface area contributed by atoms with E-state index < -0.39 is 0 Å². The number of aryl methyl sites for hydroxylation is 3. The molecule has 0 saturated carbocycles. The first kappa shape index (κ1) is 12.7. The topological polar surface area (TPSA) is 55.9 Å². The fourth-order valence-corrected chi connectivity index (χ4v) is 2.42. The molecule has 2 aromatic carbocycles. The molecule has 4 nitrogen and oxygen atoms in total. The summed E-state index contributed by atoms with van der Waals surface area (Å²) in [6, 6.07) is 12.3. The molecule has 0 bridgehead atoms. The van der Waals surface area contributed by atoms with E-state index >= 15 is 0 Å². The number of hydrogen-bond acceptors (Lipinski definition) is 3. The minimum atomic E-state index is 0.882. The number of nitrogens with two attached hydrogens (primary N) is 1. The predicted octanol–water partition coefficient (Wildman–Crippen LogP) is 3.14. The standard InChI is InChI=1S/C16H18N4/c1-10-4-5-12(8-11(10)2)16-18-14-7-6-13(19-17)9-15(14)20(16)3/h4-9,19H,17H2,1-3H3. The van der Waals surface area contributed by atoms with E-state index in [1.807, 2.05) is 25.2 Å². The first-order valence-corrected chi connectivity index (χ1v) is 6.61. The van der Waals surface area contributed by atoms with Gasteiger partial charge in [0.1, 0.15) is 5.82 Å². The van der Waals surface area contributed by atoms with Crippen molar-refractivity contribution in [2.75, 3.05) is 5.43 Å². The largest absolute Gasteiger partial charge is 0.327 e. The lowest BCUT2D eigenvalue weighted by atomic mass is 10.1. The molecule has 3 aromatic rings. The minimum absolute atomic E-state index is 0.882. The molecule has 1 aromatic heterocycles. The van der Waals surface area contributed by atoms with Crippen LogP contribution in [-0.4, -0.2) is 9.55 Å². The van der Waals surface area contributed by atoms with Gasteiger partial charge in [0.15, 0.2) is 0 Å². The van der Waals surface area contributed by atoms with Gasteiger partial charge in [-0.05, 0) is 49.2 Å². The highest BCUT2D eigenvalue weighted by Crippen LogP contribution is 2.26. The number of fused-ring (bicyclic) bond motifs is 1. The second-order valence-electron chi connectivity index (χ2n) is 5.14. The number of hydrogen-bond donors (Lipinski definition) is 2. The van der Waals surface area contributed by atoms with Gasteiger partial charge < -0.3 is 9.99 Å². The van der Waals surface area contributed by atoms with Crippen LogP contribution >= 0.6 is 0 Å². The molecule has 0 radical (unpaired) electrons. The van der Waals surface area contributed by atoms with Gasteiger partial charge in [0.05, 0.1) is 16.7 Å². The van der Waals surface area contributed by atoms with Crippen molar-refractivity contribution in [2.45, 2.75) is 13.8 Å². The van der Waals surface area contributed by atoms with Gasteiger partial charge >= 0.3 is 0 Å². The SMILES string of the molecule is Cc1ccc(-c2nc3ccc(NN)cc3n2C)cc1C. The maximum absolute atomic E-state index is 5.47. The summed E-state index contributed by atoms with van der Waals surface area (Å²) in [7, 11) is 2.03. The van der Waals surface area contributed by atoms with Gasteiger partial charge in [-0.1, -0.05) is 12.1 Å². The van der Waals surface area contributed by atoms with Crippen LogP contribution in [0.3, 0.4) is 0 Å². The van der Waals surface area contributed by atoms with E-state index in [0.29, 0.717) is 0 Å². The maximum Gasteiger partial charge on any atom is 0.140 e. The second kappa shape index (κ2) is 4.65. The molecule has 0 spiro atoms. The number of rotatable bonds is 2. The summed E-state index contributed by atoms with van der Waals surface area (Å²) in [5.74, 6) is 6.44. The van der Waals surface area contributed by atoms with E-state index in [0.717, 1.165) is 28.1 Å². The summed E-state index contributed by atoms with van der Waals surface area (Å²) in [6.07, 6.45) is 0. The molecule has 0 amide bonds. The normalized spacial score (nSPS) is 11.0. The quantitative estimate of drug-likeness (QED) is 0.553. The van der Waals surface area contributed by atoms with Crippen LogP contribution < -0.4 is 11.3 Å². The van der Waals surface area contributed by atoms with Crippen LogP contribution in [0.25, 0.3) is 22.4 Å². The average molecular weight is 266 g/mol. The molecule has 0 saturated heterocycles. The van der Waals surface area contributed by atoms with Crippen molar-refractivity contribution in [1.29, 1.82) is 0 Å². The molecule has 102 valence electrons. The molecule has 0 aliphatic carbocycles. The average Bonchev–Trinajstić information content (AvgIpc) is 2.79. The highest BCUT2D eigenvalue weighted by Gasteiger charge is 2.10. The highest BCUT2D eigenvalue weighted by atomic mass is 15.2. The van der Waals surface area contributed by atoms with Crippen molar-refractivity contribution < 1.29 is 0 Å². The number of nitrogen functional groups attached to an aromatic ring is 1. The molecule has 0 aliphatic rings. The number of anilines is 1. The molecule has 0 fully saturated rings. The van der Waals surface area contributed by atoms with Crippen molar-refractivity contribution in [3.63, 3.8) is 0 Å². The van der Waals surface area contributed by atoms with Crippen LogP contribution in [0.1, 0.15) is 11.1 Å². The summed E-state index contributed by atoms with van der Waals surface area (Å²) >= 11 is 0. The Bertz CT molecular complexity index is 787. The highest BCUT2D eigenvalue weighted by molar-refractivity contribution is 5.83. The predicted molar refractivity (Wildman–Crippen MR) is 83.4 cm³/mol. The van der Waals surface area contributed by atoms with Crippen LogP contribution in [0.15, 0.2) is 36.4 Å². The number of nitrogens with one attached hydrogen (secondary N) is 1. The summed E-state index contributed by atoms with van der Waals surface area (Å²) in [6.45, 7) is 4.24. The van der Waals surface area contributed by atoms with Gasteiger partial charge in [-0.25, -0.2) is 4.98 Å². The smallest absolute Gasteiger partial charge is 0.140 e. The summed E-state index contributed by atoms with van der Waals surface area (Å²) in [4.78, 5) is 4.72. The van der Waals surface area contributed by atoms with Gasteiger partial charge in [-0.2, -0.15) is 0 Å². The molecule has 3 N–H and O–H groups in total. The second-order valence-corrected chi connectivity index (χ2v) is 5.14. The van der Waals surface area contributed by atoms with E-state index in [1.165, 1.54) is 11.1 Å². The first-order valence-electron chi connectivity index (χ1n) is 6.61. The van der Waals surface area contributed by atoms with Crippen LogP contribution in [0.5, 0.6) is 0 Å². The molecule has 1 heterocycles. The van der Waals surface area contributed by atoms with E-state index in [-0.39, 0.29) is 0 Å². The van der Waals surface area contributed by atoms with Crippen molar-refractivity contribution in [2.24, 2.45) is 12.9 Å². The van der Waals surface area contributed by atoms with Crippen LogP contribution in [0.4, 0.5) is 5.69 Å². The van der Waals surface area contributed by atoms with Crippen molar-refractivity contribution in [3.05, 3.63) is 47.5 Å². The molecular weight excluding hydrogens is 248 g/mol. The zero-order valence-corrected chi connectivity index (χ0v) is 11.9. The zero-order valence-electron chi connectivity index (χ0n) is 11.9. The van der Waals surface area contributed by atoms with Gasteiger partial charge in [0.2, 0.25) is 0 Å². The molecule has 20 heavy (non-hydrogen) atoms. The Morgan fingerprint density at radius 2 is 1.85 bits per heavy atom. The Morgan fingerprint density at radius 3 is 2.55 bits per heavy atom. The molecule has 0 atom stereocenters. The fraction of sp³-hybridized carbons (Fsp3) is 0.188. The Balaban J connectivity index is 2.21. The maximum atomic E-state index is 5.47. The van der Waals surface area contributed by atoms with Crippen LogP contribution in [0, 0.1) is 13.8 Å². The lowest BCUT2D eigenvalue weighted by molar-refractivity contribution is 0.959. The minimum Gasteiger partial charge on any atom is -0.327 e. The van der Waals surface area contributed by atoms with Gasteiger partial charge in [0.25, 0.3) is 0 Å².